The summed E-state index contributed by atoms with van der Waals surface area (Å²) in [4.78, 5) is 43.9. The highest BCUT2D eigenvalue weighted by Crippen LogP contribution is 2.02. The Morgan fingerprint density at radius 1 is 1.23 bits per heavy atom. The van der Waals surface area contributed by atoms with Crippen LogP contribution in [0.4, 0.5) is 0 Å². The maximum Gasteiger partial charge on any atom is 0.254 e. The van der Waals surface area contributed by atoms with Crippen LogP contribution in [0.3, 0.4) is 0 Å². The molecule has 1 aliphatic rings. The summed E-state index contributed by atoms with van der Waals surface area (Å²) in [6, 6.07) is 0. The van der Waals surface area contributed by atoms with Gasteiger partial charge in [-0.05, 0) is 0 Å². The van der Waals surface area contributed by atoms with Crippen LogP contribution in [-0.2, 0) is 19.2 Å². The summed E-state index contributed by atoms with van der Waals surface area (Å²) in [6.45, 7) is 0.640. The van der Waals surface area contributed by atoms with Crippen LogP contribution in [0.25, 0.3) is 0 Å². The first-order valence-corrected chi connectivity index (χ1v) is 3.59. The average Bonchev–Trinajstić information content (AvgIpc) is 2.35. The summed E-state index contributed by atoms with van der Waals surface area (Å²) in [5.41, 5.74) is 0. The molecule has 0 spiro atoms. The van der Waals surface area contributed by atoms with Gasteiger partial charge >= 0.3 is 0 Å². The van der Waals surface area contributed by atoms with Gasteiger partial charge in [-0.15, -0.1) is 0 Å². The van der Waals surface area contributed by atoms with Crippen molar-refractivity contribution in [2.75, 3.05) is 6.54 Å². The molecule has 5 heteroatoms. The minimum absolute atomic E-state index is 0.458. The zero-order chi connectivity index (χ0) is 10.0. The highest BCUT2D eigenvalue weighted by atomic mass is 16.2. The van der Waals surface area contributed by atoms with Crippen molar-refractivity contribution in [2.45, 2.75) is 6.92 Å². The molecule has 0 aromatic heterocycles. The van der Waals surface area contributed by atoms with E-state index in [9.17, 15) is 19.2 Å². The first kappa shape index (κ1) is 9.31. The number of ketones is 2. The van der Waals surface area contributed by atoms with Gasteiger partial charge in [0.15, 0.2) is 5.78 Å². The van der Waals surface area contributed by atoms with Crippen LogP contribution in [0.15, 0.2) is 12.2 Å². The molecular formula is C8H7NO4. The summed E-state index contributed by atoms with van der Waals surface area (Å²) in [5, 5.41) is 0. The molecule has 0 aliphatic carbocycles. The Balaban J connectivity index is 2.66. The van der Waals surface area contributed by atoms with Crippen molar-refractivity contribution in [3.8, 4) is 0 Å². The Hall–Kier alpha value is -1.78. The molecule has 1 rings (SSSR count). The highest BCUT2D eigenvalue weighted by Gasteiger charge is 2.26. The van der Waals surface area contributed by atoms with Crippen LogP contribution in [0.2, 0.25) is 0 Å². The molecule has 0 bridgehead atoms. The molecule has 1 heterocycles. The lowest BCUT2D eigenvalue weighted by Gasteiger charge is -2.10. The molecule has 0 atom stereocenters. The van der Waals surface area contributed by atoms with Crippen molar-refractivity contribution in [1.82, 2.24) is 4.90 Å². The second kappa shape index (κ2) is 3.30. The van der Waals surface area contributed by atoms with E-state index in [0.29, 0.717) is 0 Å². The van der Waals surface area contributed by atoms with E-state index in [1.807, 2.05) is 0 Å². The Bertz CT molecular complexity index is 311. The van der Waals surface area contributed by atoms with E-state index in [0.717, 1.165) is 24.0 Å². The van der Waals surface area contributed by atoms with E-state index in [-0.39, 0.29) is 0 Å². The predicted octanol–water partition coefficient (Wildman–Crippen LogP) is -0.931. The van der Waals surface area contributed by atoms with Crippen LogP contribution < -0.4 is 0 Å². The molecule has 1 aliphatic heterocycles. The molecule has 68 valence electrons. The van der Waals surface area contributed by atoms with Crippen molar-refractivity contribution < 1.29 is 19.2 Å². The molecular weight excluding hydrogens is 174 g/mol. The van der Waals surface area contributed by atoms with Gasteiger partial charge in [0.1, 0.15) is 0 Å². The third-order valence-electron chi connectivity index (χ3n) is 1.59. The number of Topliss-reactive ketones (excluding diaryl/α,β-unsaturated/α-hetero) is 2. The number of imide groups is 1. The second-order valence-electron chi connectivity index (χ2n) is 2.58. The fourth-order valence-corrected chi connectivity index (χ4v) is 0.842. The van der Waals surface area contributed by atoms with E-state index < -0.39 is 29.9 Å². The third kappa shape index (κ3) is 1.87. The molecule has 2 amide bonds. The fraction of sp³-hybridized carbons (Fsp3) is 0.250. The van der Waals surface area contributed by atoms with Gasteiger partial charge in [0, 0.05) is 19.1 Å². The molecule has 0 aromatic rings. The molecule has 0 N–H and O–H groups in total. The van der Waals surface area contributed by atoms with E-state index in [2.05, 4.69) is 0 Å². The first-order valence-electron chi connectivity index (χ1n) is 3.59. The number of rotatable bonds is 3. The number of nitrogens with zero attached hydrogens (tertiary/aromatic N) is 1. The Labute approximate surface area is 74.0 Å². The van der Waals surface area contributed by atoms with E-state index >= 15 is 0 Å². The smallest absolute Gasteiger partial charge is 0.254 e. The van der Waals surface area contributed by atoms with Crippen molar-refractivity contribution in [1.29, 1.82) is 0 Å². The minimum Gasteiger partial charge on any atom is -0.291 e. The standard InChI is InChI=1S/C8H7NO4/c1-5(10)6(11)4-9-7(12)2-3-8(9)13/h2-3H,4H2,1H3. The van der Waals surface area contributed by atoms with E-state index in [1.165, 1.54) is 0 Å². The first-order chi connectivity index (χ1) is 6.02. The summed E-state index contributed by atoms with van der Waals surface area (Å²) in [6.07, 6.45) is 2.13. The number of amides is 2. The summed E-state index contributed by atoms with van der Waals surface area (Å²) in [7, 11) is 0. The predicted molar refractivity (Wildman–Crippen MR) is 41.5 cm³/mol. The van der Waals surface area contributed by atoms with Crippen LogP contribution >= 0.6 is 0 Å². The normalized spacial score (nSPS) is 15.3. The zero-order valence-electron chi connectivity index (χ0n) is 6.94. The molecule has 0 aromatic carbocycles. The summed E-state index contributed by atoms with van der Waals surface area (Å²) in [5.74, 6) is -2.52. The topological polar surface area (TPSA) is 71.5 Å². The van der Waals surface area contributed by atoms with Crippen LogP contribution in [0, 0.1) is 0 Å². The monoisotopic (exact) mass is 181 g/mol. The van der Waals surface area contributed by atoms with Gasteiger partial charge in [-0.3, -0.25) is 24.1 Å². The number of hydrogen-bond donors (Lipinski definition) is 0. The lowest BCUT2D eigenvalue weighted by molar-refractivity contribution is -0.143. The Morgan fingerprint density at radius 2 is 1.69 bits per heavy atom. The van der Waals surface area contributed by atoms with E-state index in [4.69, 9.17) is 0 Å². The van der Waals surface area contributed by atoms with Crippen molar-refractivity contribution >= 4 is 23.4 Å². The number of carbonyl (C=O) groups is 4. The SMILES string of the molecule is CC(=O)C(=O)CN1C(=O)C=CC1=O. The molecule has 5 nitrogen and oxygen atoms in total. The number of hydrogen-bond acceptors (Lipinski definition) is 4. The molecule has 0 saturated carbocycles. The summed E-state index contributed by atoms with van der Waals surface area (Å²) < 4.78 is 0. The van der Waals surface area contributed by atoms with Crippen molar-refractivity contribution in [2.24, 2.45) is 0 Å². The molecule has 0 unspecified atom stereocenters. The molecule has 13 heavy (non-hydrogen) atoms. The van der Waals surface area contributed by atoms with Gasteiger partial charge in [0.2, 0.25) is 5.78 Å². The summed E-state index contributed by atoms with van der Waals surface area (Å²) >= 11 is 0. The van der Waals surface area contributed by atoms with Gasteiger partial charge in [-0.1, -0.05) is 0 Å². The van der Waals surface area contributed by atoms with Crippen LogP contribution in [0.5, 0.6) is 0 Å². The second-order valence-corrected chi connectivity index (χ2v) is 2.58. The molecule has 0 saturated heterocycles. The lowest BCUT2D eigenvalue weighted by atomic mass is 10.3. The average molecular weight is 181 g/mol. The molecule has 0 radical (unpaired) electrons. The van der Waals surface area contributed by atoms with Crippen LogP contribution in [-0.4, -0.2) is 34.8 Å². The largest absolute Gasteiger partial charge is 0.291 e. The maximum absolute atomic E-state index is 10.9. The van der Waals surface area contributed by atoms with Crippen molar-refractivity contribution in [3.05, 3.63) is 12.2 Å². The lowest BCUT2D eigenvalue weighted by Crippen LogP contribution is -2.37. The van der Waals surface area contributed by atoms with Gasteiger partial charge < -0.3 is 0 Å². The maximum atomic E-state index is 10.9. The van der Waals surface area contributed by atoms with Gasteiger partial charge in [-0.25, -0.2) is 0 Å². The van der Waals surface area contributed by atoms with Gasteiger partial charge in [0.25, 0.3) is 11.8 Å². The zero-order valence-corrected chi connectivity index (χ0v) is 6.94. The quantitative estimate of drug-likeness (QED) is 0.416. The van der Waals surface area contributed by atoms with Gasteiger partial charge in [-0.2, -0.15) is 0 Å². The van der Waals surface area contributed by atoms with E-state index in [1.54, 1.807) is 0 Å². The molecule has 0 fully saturated rings. The Kier molecular flexibility index (Phi) is 2.36. The van der Waals surface area contributed by atoms with Crippen molar-refractivity contribution in [3.63, 3.8) is 0 Å². The highest BCUT2D eigenvalue weighted by molar-refractivity contribution is 6.38. The Morgan fingerprint density at radius 3 is 2.08 bits per heavy atom. The fourth-order valence-electron chi connectivity index (χ4n) is 0.842. The number of carbonyl (C=O) groups excluding carboxylic acids is 4. The minimum atomic E-state index is -0.745. The van der Waals surface area contributed by atoms with Crippen LogP contribution in [0.1, 0.15) is 6.92 Å². The third-order valence-corrected chi connectivity index (χ3v) is 1.59. The van der Waals surface area contributed by atoms with Gasteiger partial charge in [0.05, 0.1) is 6.54 Å².